The summed E-state index contributed by atoms with van der Waals surface area (Å²) in [4.78, 5) is 2.44. The van der Waals surface area contributed by atoms with Crippen LogP contribution in [0.1, 0.15) is 16.7 Å². The highest BCUT2D eigenvalue weighted by Crippen LogP contribution is 2.36. The number of benzene rings is 3. The standard InChI is InChI=1S/C17H17NO.C7H8/c1-3-7-16-13(5-1)9-10-14-6-2-4-8-17(14)18(16)11-15-12-19-15;1-7-5-3-2-4-6-7/h1-8,15H,9-12H2;2-6H,1H3/t15-;/m1./s1. The number of rotatable bonds is 2. The Morgan fingerprint density at radius 1 is 0.769 bits per heavy atom. The van der Waals surface area contributed by atoms with E-state index >= 15 is 0 Å². The van der Waals surface area contributed by atoms with E-state index in [-0.39, 0.29) is 0 Å². The molecule has 26 heavy (non-hydrogen) atoms. The zero-order chi connectivity index (χ0) is 17.8. The van der Waals surface area contributed by atoms with Gasteiger partial charge in [-0.1, -0.05) is 72.3 Å². The van der Waals surface area contributed by atoms with Crippen molar-refractivity contribution in [1.82, 2.24) is 0 Å². The topological polar surface area (TPSA) is 15.8 Å². The van der Waals surface area contributed by atoms with E-state index in [4.69, 9.17) is 4.74 Å². The van der Waals surface area contributed by atoms with E-state index in [9.17, 15) is 0 Å². The van der Waals surface area contributed by atoms with Crippen molar-refractivity contribution in [3.05, 3.63) is 95.6 Å². The minimum absolute atomic E-state index is 0.402. The minimum atomic E-state index is 0.402. The SMILES string of the molecule is Cc1ccccc1.c1ccc2c(c1)CCc1ccccc1N2C[C@@H]1CO1. The zero-order valence-corrected chi connectivity index (χ0v) is 15.3. The first-order chi connectivity index (χ1) is 12.8. The fourth-order valence-electron chi connectivity index (χ4n) is 3.48. The predicted molar refractivity (Wildman–Crippen MR) is 108 cm³/mol. The molecule has 0 bridgehead atoms. The Kier molecular flexibility index (Phi) is 5.03. The van der Waals surface area contributed by atoms with E-state index in [2.05, 4.69) is 72.5 Å². The van der Waals surface area contributed by atoms with Gasteiger partial charge in [-0.25, -0.2) is 0 Å². The summed E-state index contributed by atoms with van der Waals surface area (Å²) in [6.07, 6.45) is 2.64. The van der Waals surface area contributed by atoms with Crippen molar-refractivity contribution >= 4 is 11.4 Å². The third-order valence-corrected chi connectivity index (χ3v) is 4.96. The summed E-state index contributed by atoms with van der Waals surface area (Å²) in [6.45, 7) is 3.95. The lowest BCUT2D eigenvalue weighted by Crippen LogP contribution is -2.23. The predicted octanol–water partition coefficient (Wildman–Crippen LogP) is 5.32. The van der Waals surface area contributed by atoms with Crippen molar-refractivity contribution in [1.29, 1.82) is 0 Å². The van der Waals surface area contributed by atoms with Crippen LogP contribution >= 0.6 is 0 Å². The maximum Gasteiger partial charge on any atom is 0.0988 e. The van der Waals surface area contributed by atoms with E-state index in [1.807, 2.05) is 18.2 Å². The second-order valence-electron chi connectivity index (χ2n) is 6.98. The minimum Gasteiger partial charge on any atom is -0.371 e. The van der Waals surface area contributed by atoms with Gasteiger partial charge in [0.15, 0.2) is 0 Å². The van der Waals surface area contributed by atoms with Crippen molar-refractivity contribution in [2.45, 2.75) is 25.9 Å². The number of hydrogen-bond donors (Lipinski definition) is 0. The summed E-state index contributed by atoms with van der Waals surface area (Å²) in [5, 5.41) is 0. The lowest BCUT2D eigenvalue weighted by atomic mass is 10.0. The second-order valence-corrected chi connectivity index (χ2v) is 6.98. The van der Waals surface area contributed by atoms with Crippen molar-refractivity contribution in [2.75, 3.05) is 18.1 Å². The Balaban J connectivity index is 0.000000204. The molecule has 1 saturated heterocycles. The number of hydrogen-bond acceptors (Lipinski definition) is 2. The van der Waals surface area contributed by atoms with E-state index in [1.54, 1.807) is 0 Å². The molecule has 0 aromatic heterocycles. The van der Waals surface area contributed by atoms with Crippen molar-refractivity contribution in [2.24, 2.45) is 0 Å². The Morgan fingerprint density at radius 3 is 1.73 bits per heavy atom. The Morgan fingerprint density at radius 2 is 1.27 bits per heavy atom. The van der Waals surface area contributed by atoms with Gasteiger partial charge in [0.1, 0.15) is 0 Å². The van der Waals surface area contributed by atoms with Crippen LogP contribution in [0.25, 0.3) is 0 Å². The molecular weight excluding hydrogens is 318 g/mol. The molecule has 0 radical (unpaired) electrons. The van der Waals surface area contributed by atoms with Gasteiger partial charge in [0.05, 0.1) is 19.3 Å². The van der Waals surface area contributed by atoms with Crippen LogP contribution in [0.4, 0.5) is 11.4 Å². The summed E-state index contributed by atoms with van der Waals surface area (Å²) in [6, 6.07) is 27.8. The molecule has 2 heterocycles. The van der Waals surface area contributed by atoms with Gasteiger partial charge in [-0.15, -0.1) is 0 Å². The first-order valence-electron chi connectivity index (χ1n) is 9.38. The maximum absolute atomic E-state index is 5.44. The Bertz CT molecular complexity index is 807. The molecule has 5 rings (SSSR count). The van der Waals surface area contributed by atoms with Crippen LogP contribution in [0.15, 0.2) is 78.9 Å². The van der Waals surface area contributed by atoms with Gasteiger partial charge in [-0.3, -0.25) is 0 Å². The molecule has 132 valence electrons. The molecule has 0 saturated carbocycles. The van der Waals surface area contributed by atoms with E-state index < -0.39 is 0 Å². The summed E-state index contributed by atoms with van der Waals surface area (Å²) in [5.74, 6) is 0. The van der Waals surface area contributed by atoms with Crippen LogP contribution in [-0.4, -0.2) is 19.3 Å². The highest BCUT2D eigenvalue weighted by atomic mass is 16.6. The van der Waals surface area contributed by atoms with Gasteiger partial charge in [-0.05, 0) is 43.0 Å². The average Bonchev–Trinajstić information content (AvgIpc) is 3.51. The molecule has 2 aliphatic heterocycles. The van der Waals surface area contributed by atoms with Crippen LogP contribution in [0.3, 0.4) is 0 Å². The fourth-order valence-corrected chi connectivity index (χ4v) is 3.48. The fraction of sp³-hybridized carbons (Fsp3) is 0.250. The van der Waals surface area contributed by atoms with Crippen molar-refractivity contribution in [3.63, 3.8) is 0 Å². The molecule has 0 amide bonds. The highest BCUT2D eigenvalue weighted by molar-refractivity contribution is 5.71. The highest BCUT2D eigenvalue weighted by Gasteiger charge is 2.29. The van der Waals surface area contributed by atoms with Gasteiger partial charge < -0.3 is 9.64 Å². The number of ether oxygens (including phenoxy) is 1. The largest absolute Gasteiger partial charge is 0.371 e. The molecule has 0 unspecified atom stereocenters. The molecule has 0 N–H and O–H groups in total. The number of epoxide rings is 1. The first kappa shape index (κ1) is 16.9. The molecule has 0 spiro atoms. The molecular formula is C24H25NO. The number of anilines is 2. The third-order valence-electron chi connectivity index (χ3n) is 4.96. The molecule has 1 fully saturated rings. The normalized spacial score (nSPS) is 17.3. The van der Waals surface area contributed by atoms with Crippen molar-refractivity contribution < 1.29 is 4.74 Å². The number of fused-ring (bicyclic) bond motifs is 2. The van der Waals surface area contributed by atoms with Crippen LogP contribution < -0.4 is 4.90 Å². The van der Waals surface area contributed by atoms with Crippen LogP contribution in [-0.2, 0) is 17.6 Å². The summed E-state index contributed by atoms with van der Waals surface area (Å²) < 4.78 is 5.44. The number of nitrogens with zero attached hydrogens (tertiary/aromatic N) is 1. The lowest BCUT2D eigenvalue weighted by molar-refractivity contribution is 0.411. The molecule has 2 heteroatoms. The van der Waals surface area contributed by atoms with Crippen molar-refractivity contribution in [3.8, 4) is 0 Å². The summed E-state index contributed by atoms with van der Waals surface area (Å²) in [7, 11) is 0. The molecule has 2 nitrogen and oxygen atoms in total. The summed E-state index contributed by atoms with van der Waals surface area (Å²) >= 11 is 0. The van der Waals surface area contributed by atoms with Gasteiger partial charge in [0, 0.05) is 11.4 Å². The Labute approximate surface area is 156 Å². The monoisotopic (exact) mass is 343 g/mol. The number of aryl methyl sites for hydroxylation is 3. The Hall–Kier alpha value is -2.58. The van der Waals surface area contributed by atoms with Gasteiger partial charge in [0.2, 0.25) is 0 Å². The van der Waals surface area contributed by atoms with Crippen LogP contribution in [0, 0.1) is 6.92 Å². The van der Waals surface area contributed by atoms with Gasteiger partial charge >= 0.3 is 0 Å². The molecule has 3 aromatic rings. The maximum atomic E-state index is 5.44. The first-order valence-corrected chi connectivity index (χ1v) is 9.38. The van der Waals surface area contributed by atoms with Crippen LogP contribution in [0.5, 0.6) is 0 Å². The second kappa shape index (κ2) is 7.76. The van der Waals surface area contributed by atoms with E-state index in [0.29, 0.717) is 6.10 Å². The van der Waals surface area contributed by atoms with Gasteiger partial charge in [-0.2, -0.15) is 0 Å². The molecule has 2 aliphatic rings. The molecule has 3 aromatic carbocycles. The smallest absolute Gasteiger partial charge is 0.0988 e. The van der Waals surface area contributed by atoms with E-state index in [0.717, 1.165) is 26.0 Å². The quantitative estimate of drug-likeness (QED) is 0.586. The van der Waals surface area contributed by atoms with Crippen LogP contribution in [0.2, 0.25) is 0 Å². The lowest BCUT2D eigenvalue weighted by Gasteiger charge is -2.26. The molecule has 0 aliphatic carbocycles. The third kappa shape index (κ3) is 3.97. The average molecular weight is 343 g/mol. The van der Waals surface area contributed by atoms with Gasteiger partial charge in [0.25, 0.3) is 0 Å². The number of para-hydroxylation sites is 2. The zero-order valence-electron chi connectivity index (χ0n) is 15.3. The van der Waals surface area contributed by atoms with E-state index in [1.165, 1.54) is 28.1 Å². The molecule has 1 atom stereocenters. The summed E-state index contributed by atoms with van der Waals surface area (Å²) in [5.41, 5.74) is 6.91.